The number of benzene rings is 2. The summed E-state index contributed by atoms with van der Waals surface area (Å²) in [4.78, 5) is 37.5. The standard InChI is InChI=1S/C20H20N2O5/c1-12-11-15-7-4-5-9-18(15)21(12)19(23)14(3)27-20(24)16-8-6-10-17(13(16)2)22(25)26/h4-10,12,14H,11H2,1-3H3/t12-,14-/m0/s1. The monoisotopic (exact) mass is 368 g/mol. The number of para-hydroxylation sites is 1. The molecule has 7 nitrogen and oxygen atoms in total. The van der Waals surface area contributed by atoms with Crippen LogP contribution in [0.2, 0.25) is 0 Å². The molecule has 2 atom stereocenters. The maximum Gasteiger partial charge on any atom is 0.339 e. The molecular formula is C20H20N2O5. The van der Waals surface area contributed by atoms with Crippen molar-refractivity contribution in [2.45, 2.75) is 39.3 Å². The molecule has 0 fully saturated rings. The molecular weight excluding hydrogens is 348 g/mol. The molecule has 2 aromatic rings. The lowest BCUT2D eigenvalue weighted by Gasteiger charge is -2.26. The highest BCUT2D eigenvalue weighted by Crippen LogP contribution is 2.32. The number of carbonyl (C=O) groups excluding carboxylic acids is 2. The third-order valence-corrected chi connectivity index (χ3v) is 4.80. The third kappa shape index (κ3) is 3.40. The molecule has 0 aliphatic carbocycles. The second-order valence-electron chi connectivity index (χ2n) is 6.64. The van der Waals surface area contributed by atoms with E-state index in [-0.39, 0.29) is 28.8 Å². The summed E-state index contributed by atoms with van der Waals surface area (Å²) in [6.07, 6.45) is -0.267. The Bertz CT molecular complexity index is 924. The fourth-order valence-electron chi connectivity index (χ4n) is 3.41. The molecule has 3 rings (SSSR count). The van der Waals surface area contributed by atoms with Crippen LogP contribution < -0.4 is 4.90 Å². The van der Waals surface area contributed by atoms with E-state index in [1.807, 2.05) is 31.2 Å². The molecule has 0 unspecified atom stereocenters. The predicted molar refractivity (Wildman–Crippen MR) is 99.8 cm³/mol. The Kier molecular flexibility index (Phi) is 4.94. The van der Waals surface area contributed by atoms with Gasteiger partial charge in [0.15, 0.2) is 6.10 Å². The number of ether oxygens (including phenoxy) is 1. The van der Waals surface area contributed by atoms with Crippen LogP contribution in [0.25, 0.3) is 0 Å². The van der Waals surface area contributed by atoms with E-state index in [1.165, 1.54) is 32.0 Å². The number of nitro benzene ring substituents is 1. The molecule has 0 aromatic heterocycles. The van der Waals surface area contributed by atoms with Gasteiger partial charge in [0.05, 0.1) is 10.5 Å². The summed E-state index contributed by atoms with van der Waals surface area (Å²) in [5, 5.41) is 11.0. The van der Waals surface area contributed by atoms with Crippen molar-refractivity contribution in [3.8, 4) is 0 Å². The van der Waals surface area contributed by atoms with Crippen molar-refractivity contribution in [3.05, 3.63) is 69.3 Å². The molecule has 1 aliphatic heterocycles. The van der Waals surface area contributed by atoms with Gasteiger partial charge in [-0.2, -0.15) is 0 Å². The number of rotatable bonds is 4. The zero-order valence-corrected chi connectivity index (χ0v) is 15.3. The van der Waals surface area contributed by atoms with Crippen LogP contribution in [0.3, 0.4) is 0 Å². The first-order chi connectivity index (χ1) is 12.8. The van der Waals surface area contributed by atoms with Gasteiger partial charge in [0.25, 0.3) is 11.6 Å². The molecule has 0 spiro atoms. The summed E-state index contributed by atoms with van der Waals surface area (Å²) in [6, 6.07) is 11.8. The SMILES string of the molecule is Cc1c(C(=O)O[C@@H](C)C(=O)N2c3ccccc3C[C@@H]2C)cccc1[N+](=O)[O-]. The van der Waals surface area contributed by atoms with E-state index in [0.29, 0.717) is 0 Å². The first kappa shape index (κ1) is 18.6. The van der Waals surface area contributed by atoms with Crippen LogP contribution in [0.5, 0.6) is 0 Å². The average Bonchev–Trinajstić information content (AvgIpc) is 2.96. The minimum absolute atomic E-state index is 0.0319. The summed E-state index contributed by atoms with van der Waals surface area (Å²) in [5.41, 5.74) is 2.03. The van der Waals surface area contributed by atoms with Crippen LogP contribution in [0.1, 0.15) is 35.3 Å². The number of nitrogens with zero attached hydrogens (tertiary/aromatic N) is 2. The summed E-state index contributed by atoms with van der Waals surface area (Å²) < 4.78 is 5.34. The Labute approximate surface area is 156 Å². The lowest BCUT2D eigenvalue weighted by Crippen LogP contribution is -2.43. The van der Waals surface area contributed by atoms with Crippen LogP contribution in [-0.4, -0.2) is 28.9 Å². The lowest BCUT2D eigenvalue weighted by molar-refractivity contribution is -0.385. The fourth-order valence-corrected chi connectivity index (χ4v) is 3.41. The van der Waals surface area contributed by atoms with Crippen molar-refractivity contribution >= 4 is 23.3 Å². The van der Waals surface area contributed by atoms with Crippen LogP contribution in [0.15, 0.2) is 42.5 Å². The normalized spacial score (nSPS) is 16.6. The van der Waals surface area contributed by atoms with Gasteiger partial charge in [-0.25, -0.2) is 4.79 Å². The molecule has 0 N–H and O–H groups in total. The first-order valence-corrected chi connectivity index (χ1v) is 8.67. The molecule has 0 bridgehead atoms. The van der Waals surface area contributed by atoms with Gasteiger partial charge in [-0.3, -0.25) is 14.9 Å². The second kappa shape index (κ2) is 7.19. The molecule has 7 heteroatoms. The molecule has 0 saturated heterocycles. The van der Waals surface area contributed by atoms with Crippen LogP contribution in [-0.2, 0) is 16.0 Å². The zero-order valence-electron chi connectivity index (χ0n) is 15.3. The Balaban J connectivity index is 1.79. The number of anilines is 1. The number of fused-ring (bicyclic) bond motifs is 1. The quantitative estimate of drug-likeness (QED) is 0.468. The van der Waals surface area contributed by atoms with Crippen molar-refractivity contribution in [2.24, 2.45) is 0 Å². The third-order valence-electron chi connectivity index (χ3n) is 4.80. The zero-order chi connectivity index (χ0) is 19.7. The topological polar surface area (TPSA) is 89.8 Å². The van der Waals surface area contributed by atoms with Crippen molar-refractivity contribution < 1.29 is 19.2 Å². The Hall–Kier alpha value is -3.22. The smallest absolute Gasteiger partial charge is 0.339 e. The molecule has 140 valence electrons. The highest BCUT2D eigenvalue weighted by molar-refractivity contribution is 6.01. The highest BCUT2D eigenvalue weighted by Gasteiger charge is 2.34. The molecule has 27 heavy (non-hydrogen) atoms. The van der Waals surface area contributed by atoms with Crippen LogP contribution >= 0.6 is 0 Å². The number of esters is 1. The summed E-state index contributed by atoms with van der Waals surface area (Å²) in [7, 11) is 0. The van der Waals surface area contributed by atoms with Crippen LogP contribution in [0, 0.1) is 17.0 Å². The van der Waals surface area contributed by atoms with Gasteiger partial charge in [0, 0.05) is 23.4 Å². The molecule has 1 aliphatic rings. The number of nitro groups is 1. The second-order valence-corrected chi connectivity index (χ2v) is 6.64. The van der Waals surface area contributed by atoms with Gasteiger partial charge in [0.2, 0.25) is 0 Å². The van der Waals surface area contributed by atoms with Gasteiger partial charge >= 0.3 is 5.97 Å². The maximum atomic E-state index is 12.9. The van der Waals surface area contributed by atoms with Crippen LogP contribution in [0.4, 0.5) is 11.4 Å². The minimum atomic E-state index is -1.01. The molecule has 2 aromatic carbocycles. The van der Waals surface area contributed by atoms with Crippen molar-refractivity contribution in [1.29, 1.82) is 0 Å². The number of amides is 1. The Morgan fingerprint density at radius 3 is 2.63 bits per heavy atom. The van der Waals surface area contributed by atoms with E-state index in [9.17, 15) is 19.7 Å². The van der Waals surface area contributed by atoms with E-state index in [4.69, 9.17) is 4.74 Å². The van der Waals surface area contributed by atoms with Crippen molar-refractivity contribution in [2.75, 3.05) is 4.90 Å². The van der Waals surface area contributed by atoms with Gasteiger partial charge < -0.3 is 9.64 Å². The molecule has 0 saturated carbocycles. The fraction of sp³-hybridized carbons (Fsp3) is 0.300. The van der Waals surface area contributed by atoms with Crippen molar-refractivity contribution in [3.63, 3.8) is 0 Å². The lowest BCUT2D eigenvalue weighted by atomic mass is 10.1. The molecule has 0 radical (unpaired) electrons. The molecule has 1 heterocycles. The highest BCUT2D eigenvalue weighted by atomic mass is 16.6. The van der Waals surface area contributed by atoms with E-state index >= 15 is 0 Å². The number of carbonyl (C=O) groups is 2. The molecule has 1 amide bonds. The predicted octanol–water partition coefficient (Wildman–Crippen LogP) is 3.43. The minimum Gasteiger partial charge on any atom is -0.449 e. The van der Waals surface area contributed by atoms with E-state index in [0.717, 1.165) is 17.7 Å². The summed E-state index contributed by atoms with van der Waals surface area (Å²) in [6.45, 7) is 4.94. The van der Waals surface area contributed by atoms with E-state index in [1.54, 1.807) is 4.90 Å². The van der Waals surface area contributed by atoms with Crippen molar-refractivity contribution in [1.82, 2.24) is 0 Å². The van der Waals surface area contributed by atoms with E-state index in [2.05, 4.69) is 0 Å². The van der Waals surface area contributed by atoms with E-state index < -0.39 is 17.0 Å². The first-order valence-electron chi connectivity index (χ1n) is 8.67. The Morgan fingerprint density at radius 2 is 1.93 bits per heavy atom. The number of hydrogen-bond acceptors (Lipinski definition) is 5. The largest absolute Gasteiger partial charge is 0.449 e. The average molecular weight is 368 g/mol. The summed E-state index contributed by atoms with van der Waals surface area (Å²) >= 11 is 0. The van der Waals surface area contributed by atoms with Gasteiger partial charge in [0.1, 0.15) is 0 Å². The number of hydrogen-bond donors (Lipinski definition) is 0. The van der Waals surface area contributed by atoms with Gasteiger partial charge in [-0.1, -0.05) is 24.3 Å². The van der Waals surface area contributed by atoms with Gasteiger partial charge in [-0.05, 0) is 44.9 Å². The Morgan fingerprint density at radius 1 is 1.22 bits per heavy atom. The summed E-state index contributed by atoms with van der Waals surface area (Å²) in [5.74, 6) is -1.07. The maximum absolute atomic E-state index is 12.9. The van der Waals surface area contributed by atoms with Gasteiger partial charge in [-0.15, -0.1) is 0 Å².